The third-order valence-corrected chi connectivity index (χ3v) is 4.53. The van der Waals surface area contributed by atoms with Crippen LogP contribution >= 0.6 is 0 Å². The topological polar surface area (TPSA) is 97.5 Å². The van der Waals surface area contributed by atoms with Gasteiger partial charge < -0.3 is 4.57 Å². The molecule has 0 unspecified atom stereocenters. The van der Waals surface area contributed by atoms with Crippen LogP contribution in [0.5, 0.6) is 0 Å². The van der Waals surface area contributed by atoms with Crippen LogP contribution in [0.2, 0.25) is 0 Å². The summed E-state index contributed by atoms with van der Waals surface area (Å²) in [6.45, 7) is 1.84. The predicted octanol–water partition coefficient (Wildman–Crippen LogP) is 1.57. The lowest BCUT2D eigenvalue weighted by Crippen LogP contribution is -2.43. The molecule has 28 heavy (non-hydrogen) atoms. The average Bonchev–Trinajstić information content (AvgIpc) is 3.04. The zero-order valence-electron chi connectivity index (χ0n) is 15.3. The first-order chi connectivity index (χ1) is 13.5. The Morgan fingerprint density at radius 2 is 1.68 bits per heavy atom. The van der Waals surface area contributed by atoms with Crippen molar-refractivity contribution in [1.82, 2.24) is 24.8 Å². The molecule has 4 rings (SSSR count). The first kappa shape index (κ1) is 17.5. The fourth-order valence-corrected chi connectivity index (χ4v) is 3.11. The van der Waals surface area contributed by atoms with Crippen molar-refractivity contribution in [2.24, 2.45) is 7.05 Å². The van der Waals surface area contributed by atoms with E-state index in [2.05, 4.69) is 15.8 Å². The molecule has 2 amide bonds. The Morgan fingerprint density at radius 3 is 2.46 bits per heavy atom. The summed E-state index contributed by atoms with van der Waals surface area (Å²) in [5, 5.41) is 0.764. The summed E-state index contributed by atoms with van der Waals surface area (Å²) in [7, 11) is 1.83. The second kappa shape index (κ2) is 6.66. The van der Waals surface area contributed by atoms with Gasteiger partial charge >= 0.3 is 0 Å². The highest BCUT2D eigenvalue weighted by atomic mass is 16.2. The number of amides is 2. The summed E-state index contributed by atoms with van der Waals surface area (Å²) in [6.07, 6.45) is 4.49. The molecule has 0 aliphatic rings. The molecule has 4 aromatic rings. The molecule has 0 bridgehead atoms. The van der Waals surface area contributed by atoms with E-state index in [1.807, 2.05) is 48.9 Å². The van der Waals surface area contributed by atoms with Gasteiger partial charge in [0.2, 0.25) is 0 Å². The first-order valence-corrected chi connectivity index (χ1v) is 8.58. The molecule has 3 aromatic heterocycles. The largest absolute Gasteiger partial charge is 0.350 e. The molecule has 0 atom stereocenters. The van der Waals surface area contributed by atoms with Crippen LogP contribution in [-0.2, 0) is 7.05 Å². The average molecular weight is 375 g/mol. The Hall–Kier alpha value is -3.94. The second-order valence-corrected chi connectivity index (χ2v) is 6.49. The van der Waals surface area contributed by atoms with E-state index in [4.69, 9.17) is 0 Å². The highest BCUT2D eigenvalue weighted by Crippen LogP contribution is 2.19. The van der Waals surface area contributed by atoms with Gasteiger partial charge in [0.05, 0.1) is 5.56 Å². The normalized spacial score (nSPS) is 10.9. The monoisotopic (exact) mass is 375 g/mol. The summed E-state index contributed by atoms with van der Waals surface area (Å²) >= 11 is 0. The Morgan fingerprint density at radius 1 is 0.964 bits per heavy atom. The van der Waals surface area contributed by atoms with Crippen molar-refractivity contribution < 1.29 is 9.59 Å². The molecule has 0 saturated carbocycles. The summed E-state index contributed by atoms with van der Waals surface area (Å²) in [5.41, 5.74) is 6.59. The minimum atomic E-state index is -0.734. The van der Waals surface area contributed by atoms with Crippen molar-refractivity contribution >= 4 is 28.4 Å². The minimum Gasteiger partial charge on any atom is -0.350 e. The third-order valence-electron chi connectivity index (χ3n) is 4.53. The van der Waals surface area contributed by atoms with Gasteiger partial charge in [-0.15, -0.1) is 0 Å². The smallest absolute Gasteiger partial charge is 0.276 e. The molecule has 0 aliphatic carbocycles. The Bertz CT molecular complexity index is 1300. The van der Waals surface area contributed by atoms with E-state index in [-0.39, 0.29) is 5.56 Å². The van der Waals surface area contributed by atoms with Crippen LogP contribution in [0.15, 0.2) is 59.8 Å². The van der Waals surface area contributed by atoms with Crippen molar-refractivity contribution in [3.63, 3.8) is 0 Å². The van der Waals surface area contributed by atoms with Crippen molar-refractivity contribution in [2.45, 2.75) is 6.92 Å². The number of aromatic nitrogens is 3. The lowest BCUT2D eigenvalue weighted by atomic mass is 10.2. The second-order valence-electron chi connectivity index (χ2n) is 6.49. The number of rotatable bonds is 2. The van der Waals surface area contributed by atoms with E-state index in [0.29, 0.717) is 11.2 Å². The van der Waals surface area contributed by atoms with Crippen LogP contribution in [0.25, 0.3) is 16.6 Å². The fraction of sp³-hybridized carbons (Fsp3) is 0.100. The number of pyridine rings is 1. The maximum absolute atomic E-state index is 12.6. The molecule has 2 N–H and O–H groups in total. The third kappa shape index (κ3) is 2.90. The number of benzene rings is 1. The van der Waals surface area contributed by atoms with Crippen LogP contribution in [0.4, 0.5) is 0 Å². The predicted molar refractivity (Wildman–Crippen MR) is 104 cm³/mol. The summed E-state index contributed by atoms with van der Waals surface area (Å²) in [4.78, 5) is 41.6. The summed E-state index contributed by atoms with van der Waals surface area (Å²) in [6, 6.07) is 11.0. The van der Waals surface area contributed by atoms with Gasteiger partial charge in [0.1, 0.15) is 11.2 Å². The van der Waals surface area contributed by atoms with Crippen molar-refractivity contribution in [2.75, 3.05) is 0 Å². The van der Waals surface area contributed by atoms with Gasteiger partial charge in [-0.25, -0.2) is 4.98 Å². The maximum atomic E-state index is 12.6. The van der Waals surface area contributed by atoms with Gasteiger partial charge in [-0.05, 0) is 24.6 Å². The molecule has 0 fully saturated rings. The number of hydrogen-bond donors (Lipinski definition) is 2. The fourth-order valence-electron chi connectivity index (χ4n) is 3.11. The molecule has 8 nitrogen and oxygen atoms in total. The van der Waals surface area contributed by atoms with Crippen molar-refractivity contribution in [3.8, 4) is 0 Å². The van der Waals surface area contributed by atoms with E-state index in [1.165, 1.54) is 10.6 Å². The number of nitrogens with one attached hydrogen (secondary N) is 2. The molecular formula is C20H17N5O3. The molecule has 0 saturated heterocycles. The van der Waals surface area contributed by atoms with Gasteiger partial charge in [-0.2, -0.15) is 0 Å². The highest BCUT2D eigenvalue weighted by Gasteiger charge is 2.17. The maximum Gasteiger partial charge on any atom is 0.276 e. The number of hydrazine groups is 1. The van der Waals surface area contributed by atoms with Crippen LogP contribution in [0, 0.1) is 6.92 Å². The number of carbonyl (C=O) groups is 2. The van der Waals surface area contributed by atoms with Gasteiger partial charge in [-0.1, -0.05) is 24.3 Å². The number of aryl methyl sites for hydroxylation is 2. The molecule has 1 aromatic carbocycles. The van der Waals surface area contributed by atoms with Crippen LogP contribution < -0.4 is 16.4 Å². The van der Waals surface area contributed by atoms with E-state index in [9.17, 15) is 14.4 Å². The number of hydrogen-bond acceptors (Lipinski definition) is 4. The molecule has 0 aliphatic heterocycles. The highest BCUT2D eigenvalue weighted by molar-refractivity contribution is 6.07. The Kier molecular flexibility index (Phi) is 4.15. The van der Waals surface area contributed by atoms with E-state index >= 15 is 0 Å². The van der Waals surface area contributed by atoms with E-state index < -0.39 is 17.4 Å². The van der Waals surface area contributed by atoms with Crippen molar-refractivity contribution in [3.05, 3.63) is 82.0 Å². The lowest BCUT2D eigenvalue weighted by Gasteiger charge is -2.08. The first-order valence-electron chi connectivity index (χ1n) is 8.58. The molecule has 3 heterocycles. The van der Waals surface area contributed by atoms with Gasteiger partial charge in [0, 0.05) is 36.5 Å². The van der Waals surface area contributed by atoms with Gasteiger partial charge in [-0.3, -0.25) is 29.6 Å². The lowest BCUT2D eigenvalue weighted by molar-refractivity contribution is 0.0846. The number of para-hydroxylation sites is 1. The van der Waals surface area contributed by atoms with Gasteiger partial charge in [0.25, 0.3) is 17.4 Å². The number of nitrogens with zero attached hydrogens (tertiary/aromatic N) is 3. The molecule has 140 valence electrons. The zero-order chi connectivity index (χ0) is 19.8. The van der Waals surface area contributed by atoms with Gasteiger partial charge in [0.15, 0.2) is 0 Å². The molecular weight excluding hydrogens is 358 g/mol. The summed E-state index contributed by atoms with van der Waals surface area (Å²) in [5.74, 6) is -1.21. The minimum absolute atomic E-state index is 0.165. The van der Waals surface area contributed by atoms with E-state index in [0.717, 1.165) is 16.5 Å². The number of fused-ring (bicyclic) bond motifs is 2. The van der Waals surface area contributed by atoms with Crippen LogP contribution in [-0.4, -0.2) is 25.8 Å². The quantitative estimate of drug-likeness (QED) is 0.520. The summed E-state index contributed by atoms with van der Waals surface area (Å²) < 4.78 is 3.13. The number of carbonyl (C=O) groups excluding carboxylic acids is 2. The molecule has 0 radical (unpaired) electrons. The molecule has 0 spiro atoms. The van der Waals surface area contributed by atoms with Crippen molar-refractivity contribution in [1.29, 1.82) is 0 Å². The zero-order valence-corrected chi connectivity index (χ0v) is 15.3. The van der Waals surface area contributed by atoms with Crippen LogP contribution in [0.3, 0.4) is 0 Å². The van der Waals surface area contributed by atoms with Crippen LogP contribution in [0.1, 0.15) is 26.3 Å². The Labute approximate surface area is 159 Å². The molecule has 8 heteroatoms. The SMILES string of the molecule is Cc1ccc2ncc(C(=O)NNC(=O)c3cn(C)c4ccccc34)c(=O)n2c1. The van der Waals surface area contributed by atoms with E-state index in [1.54, 1.807) is 18.5 Å². The standard InChI is InChI=1S/C20H17N5O3/c1-12-7-8-17-21-9-14(20(28)25(17)10-12)18(26)22-23-19(27)15-11-24(2)16-6-4-3-5-13(15)16/h3-11H,1-2H3,(H,22,26)(H,23,27). The Balaban J connectivity index is 1.57.